The normalized spacial score (nSPS) is 18.7. The number of anilines is 1. The van der Waals surface area contributed by atoms with Crippen LogP contribution in [0.3, 0.4) is 0 Å². The second kappa shape index (κ2) is 9.15. The summed E-state index contributed by atoms with van der Waals surface area (Å²) in [6.07, 6.45) is 3.25. The van der Waals surface area contributed by atoms with Crippen LogP contribution >= 0.6 is 22.9 Å². The van der Waals surface area contributed by atoms with Gasteiger partial charge in [-0.3, -0.25) is 9.69 Å². The lowest BCUT2D eigenvalue weighted by Crippen LogP contribution is -2.35. The number of benzene rings is 1. The molecule has 1 atom stereocenters. The second-order valence-corrected chi connectivity index (χ2v) is 9.93. The molecule has 4 aromatic rings. The van der Waals surface area contributed by atoms with Gasteiger partial charge in [0.2, 0.25) is 17.0 Å². The van der Waals surface area contributed by atoms with Crippen molar-refractivity contribution in [3.63, 3.8) is 0 Å². The summed E-state index contributed by atoms with van der Waals surface area (Å²) >= 11 is 7.51. The standard InChI is InChI=1S/C23H22ClN7O3S/c1-12-8-25-19-17-15(35-20(19)21(32)28-12)3-2-14-18(17)26-10-16(29-14)34-22-13(9-27-23(24)30-22)11-31-4-6-33-7-5-31/h2-3,9-10,12,25H,4-8,11H2,1H3,(H,28,32)/t12-/m1/s1. The van der Waals surface area contributed by atoms with E-state index in [2.05, 4.69) is 35.5 Å². The van der Waals surface area contributed by atoms with Gasteiger partial charge in [-0.2, -0.15) is 4.98 Å². The van der Waals surface area contributed by atoms with Gasteiger partial charge in [0.25, 0.3) is 5.91 Å². The molecule has 2 aliphatic rings. The summed E-state index contributed by atoms with van der Waals surface area (Å²) in [6.45, 7) is 6.25. The molecule has 1 aromatic carbocycles. The zero-order valence-corrected chi connectivity index (χ0v) is 20.4. The van der Waals surface area contributed by atoms with Crippen LogP contribution in [-0.4, -0.2) is 69.6 Å². The van der Waals surface area contributed by atoms with Gasteiger partial charge in [-0.15, -0.1) is 11.3 Å². The molecule has 3 aromatic heterocycles. The molecule has 180 valence electrons. The number of nitrogens with zero attached hydrogens (tertiary/aromatic N) is 5. The van der Waals surface area contributed by atoms with E-state index in [9.17, 15) is 4.79 Å². The van der Waals surface area contributed by atoms with Crippen molar-refractivity contribution < 1.29 is 14.3 Å². The number of carbonyl (C=O) groups excluding carboxylic acids is 1. The van der Waals surface area contributed by atoms with Gasteiger partial charge in [-0.25, -0.2) is 15.0 Å². The minimum Gasteiger partial charge on any atom is -0.418 e. The largest absolute Gasteiger partial charge is 0.418 e. The van der Waals surface area contributed by atoms with Crippen molar-refractivity contribution >= 4 is 55.7 Å². The number of ether oxygens (including phenoxy) is 2. The number of morpholine rings is 1. The van der Waals surface area contributed by atoms with Gasteiger partial charge in [0, 0.05) is 54.1 Å². The van der Waals surface area contributed by atoms with Gasteiger partial charge in [0.15, 0.2) is 0 Å². The van der Waals surface area contributed by atoms with Crippen LogP contribution in [0.5, 0.6) is 11.8 Å². The quantitative estimate of drug-likeness (QED) is 0.397. The molecule has 0 bridgehead atoms. The summed E-state index contributed by atoms with van der Waals surface area (Å²) in [6, 6.07) is 3.87. The minimum atomic E-state index is -0.0757. The summed E-state index contributed by atoms with van der Waals surface area (Å²) in [5.41, 5.74) is 2.97. The van der Waals surface area contributed by atoms with E-state index in [0.29, 0.717) is 54.0 Å². The molecule has 1 amide bonds. The average Bonchev–Trinajstić information content (AvgIpc) is 3.17. The third kappa shape index (κ3) is 4.36. The van der Waals surface area contributed by atoms with E-state index in [1.807, 2.05) is 19.1 Å². The molecule has 10 nitrogen and oxygen atoms in total. The first-order valence-corrected chi connectivity index (χ1v) is 12.5. The van der Waals surface area contributed by atoms with E-state index in [0.717, 1.165) is 34.4 Å². The molecular formula is C23H22ClN7O3S. The van der Waals surface area contributed by atoms with Crippen molar-refractivity contribution in [3.05, 3.63) is 40.3 Å². The Balaban J connectivity index is 1.35. The summed E-state index contributed by atoms with van der Waals surface area (Å²) in [5, 5.41) is 7.40. The first kappa shape index (κ1) is 22.4. The SMILES string of the molecule is C[C@@H]1CNc2c(sc3ccc4nc(Oc5nc(Cl)ncc5CN5CCOCC5)cnc4c23)C(=O)N1. The Hall–Kier alpha value is -3.12. The fourth-order valence-electron chi connectivity index (χ4n) is 4.29. The van der Waals surface area contributed by atoms with Crippen LogP contribution in [0.25, 0.3) is 21.1 Å². The Morgan fingerprint density at radius 3 is 2.94 bits per heavy atom. The molecule has 6 rings (SSSR count). The van der Waals surface area contributed by atoms with Gasteiger partial charge in [-0.1, -0.05) is 0 Å². The molecule has 0 saturated carbocycles. The van der Waals surface area contributed by atoms with Crippen molar-refractivity contribution in [1.82, 2.24) is 30.2 Å². The molecule has 0 radical (unpaired) electrons. The summed E-state index contributed by atoms with van der Waals surface area (Å²) < 4.78 is 12.5. The Kier molecular flexibility index (Phi) is 5.85. The van der Waals surface area contributed by atoms with Crippen molar-refractivity contribution in [2.24, 2.45) is 0 Å². The number of amides is 1. The molecule has 0 unspecified atom stereocenters. The van der Waals surface area contributed by atoms with Crippen LogP contribution in [0, 0.1) is 0 Å². The third-order valence-corrected chi connectivity index (χ3v) is 7.34. The number of carbonyl (C=O) groups is 1. The monoisotopic (exact) mass is 511 g/mol. The van der Waals surface area contributed by atoms with Crippen LogP contribution in [0.15, 0.2) is 24.5 Å². The Morgan fingerprint density at radius 2 is 2.09 bits per heavy atom. The molecule has 2 aliphatic heterocycles. The number of hydrogen-bond acceptors (Lipinski definition) is 10. The first-order valence-electron chi connectivity index (χ1n) is 11.3. The van der Waals surface area contributed by atoms with E-state index < -0.39 is 0 Å². The van der Waals surface area contributed by atoms with E-state index in [1.54, 1.807) is 12.4 Å². The lowest BCUT2D eigenvalue weighted by Gasteiger charge is -2.26. The van der Waals surface area contributed by atoms with Gasteiger partial charge < -0.3 is 20.1 Å². The molecule has 0 aliphatic carbocycles. The van der Waals surface area contributed by atoms with E-state index in [-0.39, 0.29) is 17.2 Å². The van der Waals surface area contributed by atoms with E-state index in [1.165, 1.54) is 11.3 Å². The number of halogens is 1. The highest BCUT2D eigenvalue weighted by molar-refractivity contribution is 7.21. The van der Waals surface area contributed by atoms with Crippen LogP contribution < -0.4 is 15.4 Å². The van der Waals surface area contributed by atoms with Crippen molar-refractivity contribution in [1.29, 1.82) is 0 Å². The number of nitrogens with one attached hydrogen (secondary N) is 2. The number of rotatable bonds is 4. The fraction of sp³-hybridized carbons (Fsp3) is 0.348. The maximum absolute atomic E-state index is 12.7. The summed E-state index contributed by atoms with van der Waals surface area (Å²) in [7, 11) is 0. The topological polar surface area (TPSA) is 114 Å². The van der Waals surface area contributed by atoms with E-state index >= 15 is 0 Å². The molecular weight excluding hydrogens is 490 g/mol. The van der Waals surface area contributed by atoms with E-state index in [4.69, 9.17) is 21.1 Å². The van der Waals surface area contributed by atoms with Gasteiger partial charge in [-0.05, 0) is 30.7 Å². The molecule has 12 heteroatoms. The molecule has 5 heterocycles. The van der Waals surface area contributed by atoms with Crippen molar-refractivity contribution in [2.45, 2.75) is 19.5 Å². The average molecular weight is 512 g/mol. The van der Waals surface area contributed by atoms with Crippen LogP contribution in [0.1, 0.15) is 22.2 Å². The van der Waals surface area contributed by atoms with Gasteiger partial charge in [0.05, 0.1) is 36.1 Å². The summed E-state index contributed by atoms with van der Waals surface area (Å²) in [4.78, 5) is 33.3. The lowest BCUT2D eigenvalue weighted by molar-refractivity contribution is 0.0338. The zero-order chi connectivity index (χ0) is 23.9. The van der Waals surface area contributed by atoms with Crippen molar-refractivity contribution in [2.75, 3.05) is 38.2 Å². The number of fused-ring (bicyclic) bond motifs is 5. The third-order valence-electron chi connectivity index (χ3n) is 6.01. The fourth-order valence-corrected chi connectivity index (χ4v) is 5.50. The second-order valence-electron chi connectivity index (χ2n) is 8.54. The zero-order valence-electron chi connectivity index (χ0n) is 18.9. The molecule has 0 spiro atoms. The number of aromatic nitrogens is 4. The molecule has 35 heavy (non-hydrogen) atoms. The summed E-state index contributed by atoms with van der Waals surface area (Å²) in [5.74, 6) is 0.576. The van der Waals surface area contributed by atoms with Crippen molar-refractivity contribution in [3.8, 4) is 11.8 Å². The Morgan fingerprint density at radius 1 is 1.23 bits per heavy atom. The maximum atomic E-state index is 12.7. The molecule has 1 fully saturated rings. The van der Waals surface area contributed by atoms with Crippen LogP contribution in [0.4, 0.5) is 5.69 Å². The highest BCUT2D eigenvalue weighted by Crippen LogP contribution is 2.40. The van der Waals surface area contributed by atoms with Gasteiger partial charge >= 0.3 is 0 Å². The Labute approximate surface area is 209 Å². The molecule has 2 N–H and O–H groups in total. The minimum absolute atomic E-state index is 0.0320. The van der Waals surface area contributed by atoms with Gasteiger partial charge in [0.1, 0.15) is 4.88 Å². The molecule has 1 saturated heterocycles. The lowest BCUT2D eigenvalue weighted by atomic mass is 10.1. The highest BCUT2D eigenvalue weighted by Gasteiger charge is 2.25. The number of hydrogen-bond donors (Lipinski definition) is 2. The van der Waals surface area contributed by atoms with Crippen LogP contribution in [0.2, 0.25) is 5.28 Å². The first-order chi connectivity index (χ1) is 17.0. The highest BCUT2D eigenvalue weighted by atomic mass is 35.5. The maximum Gasteiger partial charge on any atom is 0.263 e. The van der Waals surface area contributed by atoms with Crippen LogP contribution in [-0.2, 0) is 11.3 Å². The Bertz CT molecular complexity index is 1440. The predicted octanol–water partition coefficient (Wildman–Crippen LogP) is 3.46. The smallest absolute Gasteiger partial charge is 0.263 e. The predicted molar refractivity (Wildman–Crippen MR) is 134 cm³/mol. The number of thiophene rings is 1.